The molecule has 3 aromatic carbocycles. The molecule has 0 saturated heterocycles. The van der Waals surface area contributed by atoms with Crippen LogP contribution in [0.15, 0.2) is 59.1 Å². The summed E-state index contributed by atoms with van der Waals surface area (Å²) in [6.07, 6.45) is 0. The van der Waals surface area contributed by atoms with Gasteiger partial charge in [0.25, 0.3) is 0 Å². The van der Waals surface area contributed by atoms with E-state index in [4.69, 9.17) is 0 Å². The molecule has 134 valence electrons. The monoisotopic (exact) mass is 420 g/mol. The Kier molecular flexibility index (Phi) is 4.23. The number of aromatic nitrogens is 1. The highest BCUT2D eigenvalue weighted by molar-refractivity contribution is 9.10. The molecule has 3 nitrogen and oxygen atoms in total. The fourth-order valence-electron chi connectivity index (χ4n) is 4.09. The Labute approximate surface area is 166 Å². The summed E-state index contributed by atoms with van der Waals surface area (Å²) in [7, 11) is 1.99. The minimum absolute atomic E-state index is 0.357. The lowest BCUT2D eigenvalue weighted by Gasteiger charge is -2.15. The Balaban J connectivity index is 2.28. The molecule has 27 heavy (non-hydrogen) atoms. The normalized spacial score (nSPS) is 11.3. The summed E-state index contributed by atoms with van der Waals surface area (Å²) >= 11 is 3.55. The Morgan fingerprint density at radius 2 is 1.59 bits per heavy atom. The molecule has 0 spiro atoms. The van der Waals surface area contributed by atoms with Gasteiger partial charge in [0.05, 0.1) is 16.3 Å². The van der Waals surface area contributed by atoms with Crippen LogP contribution in [0.2, 0.25) is 0 Å². The van der Waals surface area contributed by atoms with Crippen LogP contribution >= 0.6 is 15.9 Å². The maximum Gasteiger partial charge on any atom is 0.337 e. The smallest absolute Gasteiger partial charge is 0.337 e. The van der Waals surface area contributed by atoms with E-state index in [2.05, 4.69) is 46.5 Å². The molecule has 1 heterocycles. The second-order valence-corrected chi connectivity index (χ2v) is 7.79. The van der Waals surface area contributed by atoms with Gasteiger partial charge >= 0.3 is 5.97 Å². The Morgan fingerprint density at radius 1 is 0.963 bits per heavy atom. The number of aromatic carboxylic acids is 1. The number of fused-ring (bicyclic) bond motifs is 2. The highest BCUT2D eigenvalue weighted by Crippen LogP contribution is 2.37. The number of nitrogens with zero attached hydrogens (tertiary/aromatic N) is 1. The molecule has 1 N–H and O–H groups in total. The SMILES string of the molecule is Cc1cc(Br)cc(C)c1-c1cccc2c1c(C(=O)O)c1ccccc1[n+]2C. The molecule has 4 aromatic rings. The number of halogens is 1. The third kappa shape index (κ3) is 2.72. The van der Waals surface area contributed by atoms with Crippen molar-refractivity contribution >= 4 is 43.7 Å². The van der Waals surface area contributed by atoms with Crippen molar-refractivity contribution in [1.82, 2.24) is 0 Å². The number of carbonyl (C=O) groups is 1. The Hall–Kier alpha value is -2.72. The molecule has 0 unspecified atom stereocenters. The van der Waals surface area contributed by atoms with E-state index in [0.717, 1.165) is 48.5 Å². The third-order valence-corrected chi connectivity index (χ3v) is 5.63. The molecular formula is C23H19BrNO2+. The van der Waals surface area contributed by atoms with E-state index in [-0.39, 0.29) is 0 Å². The number of pyridine rings is 1. The number of hydrogen-bond donors (Lipinski definition) is 1. The minimum atomic E-state index is -0.906. The van der Waals surface area contributed by atoms with Crippen LogP contribution in [0, 0.1) is 13.8 Å². The van der Waals surface area contributed by atoms with Crippen LogP contribution in [-0.4, -0.2) is 11.1 Å². The van der Waals surface area contributed by atoms with Gasteiger partial charge in [-0.25, -0.2) is 4.79 Å². The van der Waals surface area contributed by atoms with Gasteiger partial charge < -0.3 is 5.11 Å². The van der Waals surface area contributed by atoms with Gasteiger partial charge in [-0.1, -0.05) is 40.2 Å². The minimum Gasteiger partial charge on any atom is -0.478 e. The van der Waals surface area contributed by atoms with Crippen LogP contribution in [0.4, 0.5) is 0 Å². The fraction of sp³-hybridized carbons (Fsp3) is 0.130. The van der Waals surface area contributed by atoms with Gasteiger partial charge in [-0.05, 0) is 54.3 Å². The van der Waals surface area contributed by atoms with E-state index in [1.165, 1.54) is 0 Å². The molecule has 0 aliphatic rings. The maximum atomic E-state index is 12.3. The Bertz CT molecular complexity index is 1220. The van der Waals surface area contributed by atoms with Crippen molar-refractivity contribution in [2.75, 3.05) is 0 Å². The zero-order valence-electron chi connectivity index (χ0n) is 15.4. The van der Waals surface area contributed by atoms with Crippen molar-refractivity contribution in [1.29, 1.82) is 0 Å². The zero-order valence-corrected chi connectivity index (χ0v) is 17.0. The Morgan fingerprint density at radius 3 is 2.26 bits per heavy atom. The van der Waals surface area contributed by atoms with Crippen molar-refractivity contribution in [2.45, 2.75) is 13.8 Å². The molecule has 0 atom stereocenters. The molecule has 0 saturated carbocycles. The summed E-state index contributed by atoms with van der Waals surface area (Å²) in [6, 6.07) is 17.8. The van der Waals surface area contributed by atoms with E-state index in [1.54, 1.807) is 0 Å². The van der Waals surface area contributed by atoms with Crippen LogP contribution < -0.4 is 4.57 Å². The first-order valence-electron chi connectivity index (χ1n) is 8.74. The first kappa shape index (κ1) is 17.7. The molecule has 0 aliphatic heterocycles. The second-order valence-electron chi connectivity index (χ2n) is 6.87. The van der Waals surface area contributed by atoms with Gasteiger partial charge in [-0.2, -0.15) is 4.57 Å². The topological polar surface area (TPSA) is 41.2 Å². The molecule has 0 fully saturated rings. The van der Waals surface area contributed by atoms with Crippen LogP contribution in [0.3, 0.4) is 0 Å². The standard InChI is InChI=1S/C23H18BrNO2/c1-13-11-15(24)12-14(2)20(13)17-8-6-10-19-21(17)22(23(26)27)16-7-4-5-9-18(16)25(19)3/h4-12H,1-3H3/p+1. The lowest BCUT2D eigenvalue weighted by molar-refractivity contribution is -0.617. The van der Waals surface area contributed by atoms with Crippen LogP contribution in [-0.2, 0) is 7.05 Å². The lowest BCUT2D eigenvalue weighted by atomic mass is 9.90. The molecule has 4 heteroatoms. The summed E-state index contributed by atoms with van der Waals surface area (Å²) in [5, 5.41) is 11.6. The second kappa shape index (κ2) is 6.46. The van der Waals surface area contributed by atoms with Crippen molar-refractivity contribution < 1.29 is 14.5 Å². The molecule has 0 bridgehead atoms. The highest BCUT2D eigenvalue weighted by atomic mass is 79.9. The van der Waals surface area contributed by atoms with Crippen molar-refractivity contribution in [3.05, 3.63) is 75.8 Å². The predicted molar refractivity (Wildman–Crippen MR) is 112 cm³/mol. The van der Waals surface area contributed by atoms with Crippen LogP contribution in [0.5, 0.6) is 0 Å². The maximum absolute atomic E-state index is 12.3. The fourth-order valence-corrected chi connectivity index (χ4v) is 4.78. The summed E-state index contributed by atoms with van der Waals surface area (Å²) < 4.78 is 3.10. The highest BCUT2D eigenvalue weighted by Gasteiger charge is 2.25. The van der Waals surface area contributed by atoms with Gasteiger partial charge in [-0.15, -0.1) is 0 Å². The number of hydrogen-bond acceptors (Lipinski definition) is 1. The van der Waals surface area contributed by atoms with Gasteiger partial charge in [0.15, 0.2) is 0 Å². The van der Waals surface area contributed by atoms with Crippen molar-refractivity contribution in [3.63, 3.8) is 0 Å². The van der Waals surface area contributed by atoms with E-state index < -0.39 is 5.97 Å². The van der Waals surface area contributed by atoms with Gasteiger partial charge in [0.1, 0.15) is 7.05 Å². The van der Waals surface area contributed by atoms with Crippen molar-refractivity contribution in [3.8, 4) is 11.1 Å². The van der Waals surface area contributed by atoms with E-state index in [1.807, 2.05) is 49.5 Å². The number of para-hydroxylation sites is 1. The predicted octanol–water partition coefficient (Wildman–Crippen LogP) is 5.56. The molecular weight excluding hydrogens is 402 g/mol. The number of carboxylic acid groups (broad SMARTS) is 1. The number of rotatable bonds is 2. The zero-order chi connectivity index (χ0) is 19.3. The van der Waals surface area contributed by atoms with Gasteiger partial charge in [0.2, 0.25) is 11.0 Å². The van der Waals surface area contributed by atoms with Crippen LogP contribution in [0.25, 0.3) is 32.9 Å². The number of benzene rings is 3. The molecule has 0 amide bonds. The summed E-state index contributed by atoms with van der Waals surface area (Å²) in [6.45, 7) is 4.13. The number of aryl methyl sites for hydroxylation is 3. The third-order valence-electron chi connectivity index (χ3n) is 5.17. The average molecular weight is 421 g/mol. The van der Waals surface area contributed by atoms with Gasteiger partial charge in [-0.3, -0.25) is 0 Å². The average Bonchev–Trinajstić information content (AvgIpc) is 2.61. The number of carboxylic acids is 1. The summed E-state index contributed by atoms with van der Waals surface area (Å²) in [5.41, 5.74) is 6.43. The first-order chi connectivity index (χ1) is 12.9. The lowest BCUT2D eigenvalue weighted by Crippen LogP contribution is -2.31. The van der Waals surface area contributed by atoms with E-state index in [0.29, 0.717) is 5.56 Å². The molecule has 0 radical (unpaired) electrons. The quantitative estimate of drug-likeness (QED) is 0.340. The first-order valence-corrected chi connectivity index (χ1v) is 9.53. The largest absolute Gasteiger partial charge is 0.478 e. The molecule has 1 aromatic heterocycles. The van der Waals surface area contributed by atoms with Crippen LogP contribution in [0.1, 0.15) is 21.5 Å². The molecule has 4 rings (SSSR count). The van der Waals surface area contributed by atoms with Crippen molar-refractivity contribution in [2.24, 2.45) is 7.05 Å². The summed E-state index contributed by atoms with van der Waals surface area (Å²) in [4.78, 5) is 12.3. The molecule has 0 aliphatic carbocycles. The van der Waals surface area contributed by atoms with E-state index >= 15 is 0 Å². The van der Waals surface area contributed by atoms with Gasteiger partial charge in [0, 0.05) is 16.6 Å². The summed E-state index contributed by atoms with van der Waals surface area (Å²) in [5.74, 6) is -0.906. The van der Waals surface area contributed by atoms with E-state index in [9.17, 15) is 9.90 Å².